The molecule has 3 heterocycles. The molecule has 1 aromatic carbocycles. The second-order valence-corrected chi connectivity index (χ2v) is 8.93. The first-order valence-corrected chi connectivity index (χ1v) is 11.2. The molecule has 0 spiro atoms. The van der Waals surface area contributed by atoms with Crippen LogP contribution in [0.3, 0.4) is 0 Å². The maximum Gasteiger partial charge on any atom is 0.416 e. The number of rotatable bonds is 7. The van der Waals surface area contributed by atoms with Crippen LogP contribution < -0.4 is 11.1 Å². The summed E-state index contributed by atoms with van der Waals surface area (Å²) in [7, 11) is 1.52. The molecule has 1 unspecified atom stereocenters. The summed E-state index contributed by atoms with van der Waals surface area (Å²) in [6.45, 7) is 0.0833. The number of ether oxygens (including phenoxy) is 1. The van der Waals surface area contributed by atoms with Crippen molar-refractivity contribution in [2.75, 3.05) is 13.7 Å². The van der Waals surface area contributed by atoms with Crippen molar-refractivity contribution in [2.45, 2.75) is 30.3 Å². The highest BCUT2D eigenvalue weighted by Gasteiger charge is 2.34. The number of hydrogen-bond donors (Lipinski definition) is 3. The van der Waals surface area contributed by atoms with Crippen molar-refractivity contribution in [3.05, 3.63) is 76.1 Å². The van der Waals surface area contributed by atoms with Crippen molar-refractivity contribution in [1.29, 1.82) is 0 Å². The maximum absolute atomic E-state index is 13.1. The Labute approximate surface area is 192 Å². The van der Waals surface area contributed by atoms with E-state index < -0.39 is 17.8 Å². The van der Waals surface area contributed by atoms with E-state index in [2.05, 4.69) is 15.3 Å². The molecule has 0 saturated carbocycles. The average Bonchev–Trinajstić information content (AvgIpc) is 3.45. The van der Waals surface area contributed by atoms with E-state index in [1.807, 2.05) is 18.3 Å². The number of aromatic nitrogens is 2. The lowest BCUT2D eigenvalue weighted by Gasteiger charge is -2.18. The van der Waals surface area contributed by atoms with E-state index in [1.54, 1.807) is 12.3 Å². The van der Waals surface area contributed by atoms with Crippen LogP contribution in [0.5, 0.6) is 0 Å². The molecular formula is C23H23F3N4O2S. The fourth-order valence-electron chi connectivity index (χ4n) is 3.91. The van der Waals surface area contributed by atoms with Crippen molar-refractivity contribution in [2.24, 2.45) is 5.73 Å². The normalized spacial score (nSPS) is 17.4. The van der Waals surface area contributed by atoms with Gasteiger partial charge in [-0.15, -0.1) is 11.8 Å². The predicted molar refractivity (Wildman–Crippen MR) is 121 cm³/mol. The van der Waals surface area contributed by atoms with E-state index in [4.69, 9.17) is 10.5 Å². The smallest absolute Gasteiger partial charge is 0.416 e. The second-order valence-electron chi connectivity index (χ2n) is 7.72. The quantitative estimate of drug-likeness (QED) is 0.473. The zero-order valence-corrected chi connectivity index (χ0v) is 18.6. The van der Waals surface area contributed by atoms with Crippen LogP contribution in [-0.2, 0) is 22.1 Å². The van der Waals surface area contributed by atoms with Gasteiger partial charge in [0.15, 0.2) is 0 Å². The topological polar surface area (TPSA) is 93.0 Å². The van der Waals surface area contributed by atoms with Crippen LogP contribution in [0.15, 0.2) is 59.5 Å². The molecule has 4 N–H and O–H groups in total. The number of carbonyl (C=O) groups is 1. The molecular weight excluding hydrogens is 453 g/mol. The molecule has 0 radical (unpaired) electrons. The number of benzene rings is 1. The van der Waals surface area contributed by atoms with Gasteiger partial charge in [-0.3, -0.25) is 4.79 Å². The van der Waals surface area contributed by atoms with Crippen LogP contribution in [-0.4, -0.2) is 35.6 Å². The number of allylic oxidation sites excluding steroid dienone is 1. The number of nitrogens with one attached hydrogen (secondary N) is 2. The van der Waals surface area contributed by atoms with Gasteiger partial charge < -0.3 is 20.8 Å². The summed E-state index contributed by atoms with van der Waals surface area (Å²) in [6.07, 6.45) is -0.167. The molecule has 3 aromatic rings. The Kier molecular flexibility index (Phi) is 6.66. The molecule has 1 amide bonds. The van der Waals surface area contributed by atoms with E-state index >= 15 is 0 Å². The molecule has 0 aliphatic carbocycles. The molecule has 0 fully saturated rings. The number of H-pyrrole nitrogens is 1. The molecule has 174 valence electrons. The maximum atomic E-state index is 13.1. The summed E-state index contributed by atoms with van der Waals surface area (Å²) < 4.78 is 44.5. The molecule has 0 bridgehead atoms. The van der Waals surface area contributed by atoms with Crippen LogP contribution >= 0.6 is 11.8 Å². The Bertz CT molecular complexity index is 1190. The Morgan fingerprint density at radius 2 is 2.18 bits per heavy atom. The van der Waals surface area contributed by atoms with Crippen molar-refractivity contribution < 1.29 is 22.7 Å². The summed E-state index contributed by atoms with van der Waals surface area (Å²) in [6, 6.07) is 8.40. The number of methoxy groups -OCH3 is 1. The fourth-order valence-corrected chi connectivity index (χ4v) is 5.22. The van der Waals surface area contributed by atoms with Crippen molar-refractivity contribution in [1.82, 2.24) is 15.3 Å². The Balaban J connectivity index is 1.48. The van der Waals surface area contributed by atoms with Crippen LogP contribution in [0.4, 0.5) is 13.2 Å². The van der Waals surface area contributed by atoms with Gasteiger partial charge >= 0.3 is 6.18 Å². The Morgan fingerprint density at radius 3 is 2.91 bits per heavy atom. The number of aromatic amines is 1. The molecule has 6 nitrogen and oxygen atoms in total. The van der Waals surface area contributed by atoms with Gasteiger partial charge in [-0.25, -0.2) is 4.98 Å². The second kappa shape index (κ2) is 9.48. The third-order valence-corrected chi connectivity index (χ3v) is 6.89. The third-order valence-electron chi connectivity index (χ3n) is 5.53. The average molecular weight is 477 g/mol. The molecule has 4 rings (SSSR count). The zero-order valence-electron chi connectivity index (χ0n) is 17.8. The molecule has 2 atom stereocenters. The van der Waals surface area contributed by atoms with Gasteiger partial charge in [-0.2, -0.15) is 13.2 Å². The van der Waals surface area contributed by atoms with Crippen LogP contribution in [0.1, 0.15) is 28.4 Å². The largest absolute Gasteiger partial charge is 0.500 e. The SMILES string of the molecule is COC1=C(C(=O)N[C@H](CN)Cc2cccc(C(F)(F)F)c2)SC(c2ccnc3[nH]ccc23)C1. The molecule has 10 heteroatoms. The predicted octanol–water partition coefficient (Wildman–Crippen LogP) is 4.30. The number of carbonyl (C=O) groups excluding carboxylic acids is 1. The van der Waals surface area contributed by atoms with E-state index in [9.17, 15) is 18.0 Å². The summed E-state index contributed by atoms with van der Waals surface area (Å²) in [5, 5.41) is 3.82. The highest BCUT2D eigenvalue weighted by molar-refractivity contribution is 8.04. The van der Waals surface area contributed by atoms with Crippen LogP contribution in [0.25, 0.3) is 11.0 Å². The van der Waals surface area contributed by atoms with Crippen molar-refractivity contribution in [3.8, 4) is 0 Å². The summed E-state index contributed by atoms with van der Waals surface area (Å²) in [5.41, 5.74) is 7.36. The lowest BCUT2D eigenvalue weighted by Crippen LogP contribution is -2.42. The first kappa shape index (κ1) is 23.2. The summed E-state index contributed by atoms with van der Waals surface area (Å²) >= 11 is 1.40. The number of pyridine rings is 1. The number of halogens is 3. The Morgan fingerprint density at radius 1 is 1.36 bits per heavy atom. The van der Waals surface area contributed by atoms with Crippen molar-refractivity contribution in [3.63, 3.8) is 0 Å². The van der Waals surface area contributed by atoms with Crippen LogP contribution in [0.2, 0.25) is 0 Å². The number of nitrogens with two attached hydrogens (primary N) is 1. The minimum atomic E-state index is -4.43. The lowest BCUT2D eigenvalue weighted by molar-refractivity contribution is -0.137. The third kappa shape index (κ3) is 5.01. The summed E-state index contributed by atoms with van der Waals surface area (Å²) in [4.78, 5) is 20.9. The van der Waals surface area contributed by atoms with E-state index in [0.29, 0.717) is 22.6 Å². The van der Waals surface area contributed by atoms with Gasteiger partial charge in [-0.1, -0.05) is 18.2 Å². The van der Waals surface area contributed by atoms with Gasteiger partial charge in [-0.05, 0) is 35.7 Å². The number of fused-ring (bicyclic) bond motifs is 1. The van der Waals surface area contributed by atoms with E-state index in [1.165, 1.54) is 24.9 Å². The van der Waals surface area contributed by atoms with Crippen LogP contribution in [0, 0.1) is 0 Å². The standard InChI is InChI=1S/C23H23F3N4O2S/c1-32-18-11-19(16-5-7-28-21-17(16)6-8-29-21)33-20(18)22(31)30-15(12-27)10-13-3-2-4-14(9-13)23(24,25)26/h2-9,15,19H,10-12,27H2,1H3,(H,28,29)(H,30,31)/t15-,19?/m0/s1. The van der Waals surface area contributed by atoms with Gasteiger partial charge in [0.2, 0.25) is 0 Å². The van der Waals surface area contributed by atoms with E-state index in [0.717, 1.165) is 28.7 Å². The zero-order chi connectivity index (χ0) is 23.6. The van der Waals surface area contributed by atoms with Gasteiger partial charge in [0.1, 0.15) is 16.3 Å². The number of hydrogen-bond acceptors (Lipinski definition) is 5. The van der Waals surface area contributed by atoms with Gasteiger partial charge in [0.25, 0.3) is 5.91 Å². The number of nitrogens with zero attached hydrogens (tertiary/aromatic N) is 1. The molecule has 33 heavy (non-hydrogen) atoms. The molecule has 2 aromatic heterocycles. The minimum absolute atomic E-state index is 0.0261. The molecule has 0 saturated heterocycles. The highest BCUT2D eigenvalue weighted by Crippen LogP contribution is 2.49. The first-order chi connectivity index (χ1) is 15.8. The monoisotopic (exact) mass is 476 g/mol. The summed E-state index contributed by atoms with van der Waals surface area (Å²) in [5.74, 6) is 0.221. The minimum Gasteiger partial charge on any atom is -0.500 e. The fraction of sp³-hybridized carbons (Fsp3) is 0.304. The van der Waals surface area contributed by atoms with E-state index in [-0.39, 0.29) is 24.1 Å². The molecule has 1 aliphatic rings. The van der Waals surface area contributed by atoms with Gasteiger partial charge in [0, 0.05) is 42.0 Å². The first-order valence-electron chi connectivity index (χ1n) is 10.3. The lowest BCUT2D eigenvalue weighted by atomic mass is 10.0. The van der Waals surface area contributed by atoms with Crippen molar-refractivity contribution >= 4 is 28.7 Å². The highest BCUT2D eigenvalue weighted by atomic mass is 32.2. The number of alkyl halides is 3. The Hall–Kier alpha value is -2.98. The number of thioether (sulfide) groups is 1. The molecule has 1 aliphatic heterocycles. The number of amides is 1. The van der Waals surface area contributed by atoms with Gasteiger partial charge in [0.05, 0.1) is 12.7 Å².